The van der Waals surface area contributed by atoms with Gasteiger partial charge in [-0.3, -0.25) is 4.79 Å². The van der Waals surface area contributed by atoms with Gasteiger partial charge in [0.2, 0.25) is 0 Å². The zero-order valence-electron chi connectivity index (χ0n) is 14.2. The third-order valence-corrected chi connectivity index (χ3v) is 4.29. The van der Waals surface area contributed by atoms with E-state index in [0.29, 0.717) is 10.9 Å². The fourth-order valence-corrected chi connectivity index (χ4v) is 2.94. The highest BCUT2D eigenvalue weighted by Gasteiger charge is 2.21. The van der Waals surface area contributed by atoms with Crippen LogP contribution in [0.3, 0.4) is 0 Å². The predicted molar refractivity (Wildman–Crippen MR) is 94.1 cm³/mol. The Morgan fingerprint density at radius 3 is 2.50 bits per heavy atom. The first-order chi connectivity index (χ1) is 11.4. The molecule has 0 aliphatic rings. The lowest BCUT2D eigenvalue weighted by atomic mass is 9.98. The van der Waals surface area contributed by atoms with Crippen molar-refractivity contribution >= 4 is 22.6 Å². The number of para-hydroxylation sites is 2. The van der Waals surface area contributed by atoms with Crippen LogP contribution < -0.4 is 5.32 Å². The molecule has 0 aliphatic heterocycles. The van der Waals surface area contributed by atoms with Crippen molar-refractivity contribution in [3.63, 3.8) is 0 Å². The monoisotopic (exact) mass is 325 g/mol. The van der Waals surface area contributed by atoms with E-state index < -0.39 is 5.82 Å². The largest absolute Gasteiger partial charge is 0.448 e. The van der Waals surface area contributed by atoms with Gasteiger partial charge >= 0.3 is 0 Å². The maximum absolute atomic E-state index is 13.9. The summed E-state index contributed by atoms with van der Waals surface area (Å²) < 4.78 is 19.4. The maximum atomic E-state index is 13.9. The third-order valence-electron chi connectivity index (χ3n) is 4.29. The van der Waals surface area contributed by atoms with Gasteiger partial charge in [-0.2, -0.15) is 0 Å². The quantitative estimate of drug-likeness (QED) is 0.684. The van der Waals surface area contributed by atoms with E-state index in [1.54, 1.807) is 19.1 Å². The van der Waals surface area contributed by atoms with Crippen molar-refractivity contribution < 1.29 is 13.6 Å². The molecule has 1 aromatic heterocycles. The van der Waals surface area contributed by atoms with Gasteiger partial charge in [0, 0.05) is 16.6 Å². The van der Waals surface area contributed by atoms with Crippen LogP contribution in [0.5, 0.6) is 0 Å². The highest BCUT2D eigenvalue weighted by atomic mass is 19.1. The van der Waals surface area contributed by atoms with Gasteiger partial charge in [0.05, 0.1) is 0 Å². The first-order valence-corrected chi connectivity index (χ1v) is 7.98. The second-order valence-electron chi connectivity index (χ2n) is 6.32. The Morgan fingerprint density at radius 2 is 1.83 bits per heavy atom. The van der Waals surface area contributed by atoms with Crippen molar-refractivity contribution in [1.29, 1.82) is 0 Å². The maximum Gasteiger partial charge on any atom is 0.291 e. The number of hydrogen-bond donors (Lipinski definition) is 1. The molecule has 0 radical (unpaired) electrons. The molecule has 0 fully saturated rings. The number of amides is 1. The van der Waals surface area contributed by atoms with Gasteiger partial charge in [0.25, 0.3) is 5.91 Å². The molecular weight excluding hydrogens is 305 g/mol. The molecular formula is C20H20FNO2. The molecule has 1 heterocycles. The van der Waals surface area contributed by atoms with E-state index in [-0.39, 0.29) is 23.2 Å². The van der Waals surface area contributed by atoms with E-state index in [0.717, 1.165) is 16.8 Å². The van der Waals surface area contributed by atoms with Gasteiger partial charge in [-0.1, -0.05) is 44.2 Å². The normalized spacial score (nSPS) is 11.2. The Hall–Kier alpha value is -2.62. The standard InChI is InChI=1S/C20H20FNO2/c1-11(2)14-8-5-7-12(3)17(14)22-20(23)18-13(4)15-9-6-10-16(21)19(15)24-18/h5-11H,1-4H3,(H,22,23). The van der Waals surface area contributed by atoms with Crippen LogP contribution in [0.15, 0.2) is 40.8 Å². The van der Waals surface area contributed by atoms with Crippen LogP contribution in [0.25, 0.3) is 11.0 Å². The molecule has 24 heavy (non-hydrogen) atoms. The van der Waals surface area contributed by atoms with Crippen molar-refractivity contribution in [1.82, 2.24) is 0 Å². The van der Waals surface area contributed by atoms with Gasteiger partial charge < -0.3 is 9.73 Å². The first-order valence-electron chi connectivity index (χ1n) is 7.98. The molecule has 3 aromatic rings. The van der Waals surface area contributed by atoms with Crippen LogP contribution in [-0.4, -0.2) is 5.91 Å². The number of carbonyl (C=O) groups is 1. The van der Waals surface area contributed by atoms with E-state index >= 15 is 0 Å². The van der Waals surface area contributed by atoms with Crippen LogP contribution in [0.2, 0.25) is 0 Å². The zero-order chi connectivity index (χ0) is 17.4. The van der Waals surface area contributed by atoms with Crippen molar-refractivity contribution in [2.45, 2.75) is 33.6 Å². The highest BCUT2D eigenvalue weighted by Crippen LogP contribution is 2.31. The summed E-state index contributed by atoms with van der Waals surface area (Å²) in [6.45, 7) is 7.87. The van der Waals surface area contributed by atoms with E-state index in [4.69, 9.17) is 4.42 Å². The predicted octanol–water partition coefficient (Wildman–Crippen LogP) is 5.56. The second kappa shape index (κ2) is 6.11. The molecule has 0 saturated heterocycles. The topological polar surface area (TPSA) is 42.2 Å². The van der Waals surface area contributed by atoms with E-state index in [1.807, 2.05) is 25.1 Å². The Bertz CT molecular complexity index is 925. The summed E-state index contributed by atoms with van der Waals surface area (Å²) in [6.07, 6.45) is 0. The van der Waals surface area contributed by atoms with Crippen LogP contribution in [0.4, 0.5) is 10.1 Å². The van der Waals surface area contributed by atoms with Gasteiger partial charge in [0.15, 0.2) is 17.2 Å². The summed E-state index contributed by atoms with van der Waals surface area (Å²) in [5, 5.41) is 3.56. The summed E-state index contributed by atoms with van der Waals surface area (Å²) >= 11 is 0. The minimum Gasteiger partial charge on any atom is -0.448 e. The minimum absolute atomic E-state index is 0.119. The average Bonchev–Trinajstić information content (AvgIpc) is 2.88. The highest BCUT2D eigenvalue weighted by molar-refractivity contribution is 6.07. The smallest absolute Gasteiger partial charge is 0.291 e. The van der Waals surface area contributed by atoms with Crippen molar-refractivity contribution in [2.75, 3.05) is 5.32 Å². The number of anilines is 1. The number of aryl methyl sites for hydroxylation is 2. The number of hydrogen-bond acceptors (Lipinski definition) is 2. The van der Waals surface area contributed by atoms with Crippen LogP contribution >= 0.6 is 0 Å². The van der Waals surface area contributed by atoms with E-state index in [9.17, 15) is 9.18 Å². The number of rotatable bonds is 3. The molecule has 1 N–H and O–H groups in total. The molecule has 0 spiro atoms. The summed E-state index contributed by atoms with van der Waals surface area (Å²) in [5.41, 5.74) is 3.59. The number of fused-ring (bicyclic) bond motifs is 1. The second-order valence-corrected chi connectivity index (χ2v) is 6.32. The Morgan fingerprint density at radius 1 is 1.12 bits per heavy atom. The molecule has 0 aliphatic carbocycles. The van der Waals surface area contributed by atoms with Crippen molar-refractivity contribution in [2.24, 2.45) is 0 Å². The number of carbonyl (C=O) groups excluding carboxylic acids is 1. The fraction of sp³-hybridized carbons (Fsp3) is 0.250. The van der Waals surface area contributed by atoms with E-state index in [2.05, 4.69) is 19.2 Å². The summed E-state index contributed by atoms with van der Waals surface area (Å²) in [7, 11) is 0. The molecule has 3 nitrogen and oxygen atoms in total. The zero-order valence-corrected chi connectivity index (χ0v) is 14.2. The first kappa shape index (κ1) is 16.2. The molecule has 0 bridgehead atoms. The van der Waals surface area contributed by atoms with Crippen LogP contribution in [-0.2, 0) is 0 Å². The number of halogens is 1. The molecule has 0 atom stereocenters. The molecule has 4 heteroatoms. The van der Waals surface area contributed by atoms with Gasteiger partial charge in [-0.25, -0.2) is 4.39 Å². The summed E-state index contributed by atoms with van der Waals surface area (Å²) in [4.78, 5) is 12.7. The molecule has 3 rings (SSSR count). The summed E-state index contributed by atoms with van der Waals surface area (Å²) in [6, 6.07) is 10.6. The molecule has 2 aromatic carbocycles. The van der Waals surface area contributed by atoms with Crippen molar-refractivity contribution in [3.05, 3.63) is 64.7 Å². The Labute approximate surface area is 140 Å². The molecule has 124 valence electrons. The lowest BCUT2D eigenvalue weighted by Gasteiger charge is -2.16. The average molecular weight is 325 g/mol. The fourth-order valence-electron chi connectivity index (χ4n) is 2.94. The molecule has 0 unspecified atom stereocenters. The third kappa shape index (κ3) is 2.68. The lowest BCUT2D eigenvalue weighted by molar-refractivity contribution is 0.0997. The Kier molecular flexibility index (Phi) is 4.14. The number of furan rings is 1. The number of nitrogens with one attached hydrogen (secondary N) is 1. The number of benzene rings is 2. The minimum atomic E-state index is -0.464. The molecule has 0 saturated carbocycles. The lowest BCUT2D eigenvalue weighted by Crippen LogP contribution is -2.15. The SMILES string of the molecule is Cc1cccc(C(C)C)c1NC(=O)c1oc2c(F)cccc2c1C. The van der Waals surface area contributed by atoms with Gasteiger partial charge in [-0.15, -0.1) is 0 Å². The van der Waals surface area contributed by atoms with Gasteiger partial charge in [0.1, 0.15) is 0 Å². The molecule has 1 amide bonds. The van der Waals surface area contributed by atoms with Crippen LogP contribution in [0, 0.1) is 19.7 Å². The Balaban J connectivity index is 2.03. The van der Waals surface area contributed by atoms with Gasteiger partial charge in [-0.05, 0) is 37.0 Å². The van der Waals surface area contributed by atoms with Crippen molar-refractivity contribution in [3.8, 4) is 0 Å². The van der Waals surface area contributed by atoms with Crippen LogP contribution in [0.1, 0.15) is 47.0 Å². The summed E-state index contributed by atoms with van der Waals surface area (Å²) in [5.74, 6) is -0.407. The van der Waals surface area contributed by atoms with E-state index in [1.165, 1.54) is 6.07 Å².